The second-order valence-corrected chi connectivity index (χ2v) is 6.46. The molecule has 1 unspecified atom stereocenters. The van der Waals surface area contributed by atoms with E-state index >= 15 is 0 Å². The third kappa shape index (κ3) is 3.40. The molecule has 1 fully saturated rings. The normalized spacial score (nSPS) is 22.8. The van der Waals surface area contributed by atoms with Crippen molar-refractivity contribution < 1.29 is 14.7 Å². The largest absolute Gasteiger partial charge is 0.480 e. The highest BCUT2D eigenvalue weighted by Gasteiger charge is 2.35. The van der Waals surface area contributed by atoms with E-state index in [-0.39, 0.29) is 11.2 Å². The number of carbonyl (C=O) groups is 2. The van der Waals surface area contributed by atoms with Gasteiger partial charge in [-0.15, -0.1) is 11.8 Å². The van der Waals surface area contributed by atoms with Crippen molar-refractivity contribution in [3.63, 3.8) is 0 Å². The van der Waals surface area contributed by atoms with Crippen LogP contribution in [0.3, 0.4) is 0 Å². The molecule has 2 N–H and O–H groups in total. The van der Waals surface area contributed by atoms with E-state index in [4.69, 9.17) is 5.11 Å². The van der Waals surface area contributed by atoms with Gasteiger partial charge in [0.1, 0.15) is 6.04 Å². The molecule has 0 aromatic heterocycles. The topological polar surface area (TPSA) is 66.4 Å². The third-order valence-corrected chi connectivity index (χ3v) is 4.00. The Morgan fingerprint density at radius 2 is 2.06 bits per heavy atom. The highest BCUT2D eigenvalue weighted by molar-refractivity contribution is 8.00. The zero-order valence-electron chi connectivity index (χ0n) is 9.95. The number of carbonyl (C=O) groups excluding carboxylic acids is 1. The Labute approximate surface area is 100 Å². The molecule has 0 aromatic rings. The van der Waals surface area contributed by atoms with E-state index in [9.17, 15) is 9.59 Å². The number of hydrogen-bond acceptors (Lipinski definition) is 3. The fraction of sp³-hybridized carbons (Fsp3) is 0.818. The molecular weight excluding hydrogens is 226 g/mol. The van der Waals surface area contributed by atoms with Crippen LogP contribution in [0.5, 0.6) is 0 Å². The third-order valence-electron chi connectivity index (χ3n) is 2.62. The van der Waals surface area contributed by atoms with E-state index in [1.165, 1.54) is 0 Å². The van der Waals surface area contributed by atoms with Crippen LogP contribution in [0.25, 0.3) is 0 Å². The van der Waals surface area contributed by atoms with Gasteiger partial charge < -0.3 is 10.4 Å². The van der Waals surface area contributed by atoms with Crippen LogP contribution in [0, 0.1) is 5.41 Å². The number of rotatable bonds is 3. The molecule has 5 heteroatoms. The summed E-state index contributed by atoms with van der Waals surface area (Å²) in [6, 6.07) is -0.818. The average molecular weight is 245 g/mol. The first kappa shape index (κ1) is 13.4. The number of thioether (sulfide) groups is 1. The molecule has 0 aromatic carbocycles. The molecular formula is C11H19NO3S. The molecule has 92 valence electrons. The summed E-state index contributed by atoms with van der Waals surface area (Å²) in [6.45, 7) is 5.44. The molecule has 1 amide bonds. The Morgan fingerprint density at radius 3 is 2.44 bits per heavy atom. The lowest BCUT2D eigenvalue weighted by Crippen LogP contribution is -2.51. The predicted octanol–water partition coefficient (Wildman–Crippen LogP) is 1.50. The van der Waals surface area contributed by atoms with Gasteiger partial charge in [-0.3, -0.25) is 4.79 Å². The Hall–Kier alpha value is -0.710. The molecule has 1 aliphatic heterocycles. The van der Waals surface area contributed by atoms with Crippen molar-refractivity contribution in [2.45, 2.75) is 44.9 Å². The molecule has 0 spiro atoms. The van der Waals surface area contributed by atoms with E-state index < -0.39 is 17.4 Å². The van der Waals surface area contributed by atoms with E-state index in [2.05, 4.69) is 5.32 Å². The summed E-state index contributed by atoms with van der Waals surface area (Å²) >= 11 is 1.61. The van der Waals surface area contributed by atoms with E-state index in [0.29, 0.717) is 0 Å². The summed E-state index contributed by atoms with van der Waals surface area (Å²) < 4.78 is 0. The van der Waals surface area contributed by atoms with Crippen LogP contribution in [0.2, 0.25) is 0 Å². The molecule has 1 aliphatic rings. The number of carboxylic acid groups (broad SMARTS) is 1. The van der Waals surface area contributed by atoms with Gasteiger partial charge in [-0.1, -0.05) is 20.8 Å². The first-order chi connectivity index (χ1) is 7.32. The lowest BCUT2D eigenvalue weighted by molar-refractivity contribution is -0.144. The lowest BCUT2D eigenvalue weighted by Gasteiger charge is -2.28. The summed E-state index contributed by atoms with van der Waals surface area (Å²) in [6.07, 6.45) is 1.89. The second-order valence-electron chi connectivity index (χ2n) is 5.15. The standard InChI is InChI=1S/C11H19NO3S/c1-11(2,3)8(10(14)15)12-9(13)7-5-4-6-16-7/h7-8H,4-6H2,1-3H3,(H,12,13)(H,14,15)/t7?,8-/m1/s1. The fourth-order valence-electron chi connectivity index (χ4n) is 1.67. The molecule has 0 radical (unpaired) electrons. The number of aliphatic carboxylic acids is 1. The summed E-state index contributed by atoms with van der Waals surface area (Å²) in [5.74, 6) is -0.112. The van der Waals surface area contributed by atoms with Gasteiger partial charge in [-0.05, 0) is 24.0 Å². The maximum absolute atomic E-state index is 11.8. The molecule has 4 nitrogen and oxygen atoms in total. The van der Waals surface area contributed by atoms with Crippen LogP contribution in [-0.4, -0.2) is 34.0 Å². The molecule has 1 rings (SSSR count). The molecule has 1 heterocycles. The van der Waals surface area contributed by atoms with Crippen molar-refractivity contribution in [3.05, 3.63) is 0 Å². The van der Waals surface area contributed by atoms with E-state index in [1.54, 1.807) is 11.8 Å². The SMILES string of the molecule is CC(C)(C)[C@H](NC(=O)C1CCCS1)C(=O)O. The Morgan fingerprint density at radius 1 is 1.44 bits per heavy atom. The number of nitrogens with one attached hydrogen (secondary N) is 1. The number of carboxylic acids is 1. The summed E-state index contributed by atoms with van der Waals surface area (Å²) in [4.78, 5) is 22.9. The van der Waals surface area contributed by atoms with Crippen molar-refractivity contribution in [1.29, 1.82) is 0 Å². The lowest BCUT2D eigenvalue weighted by atomic mass is 9.86. The van der Waals surface area contributed by atoms with Gasteiger partial charge in [-0.25, -0.2) is 4.79 Å². The second kappa shape index (κ2) is 5.08. The first-order valence-corrected chi connectivity index (χ1v) is 6.52. The van der Waals surface area contributed by atoms with Crippen molar-refractivity contribution in [2.24, 2.45) is 5.41 Å². The minimum atomic E-state index is -0.969. The summed E-state index contributed by atoms with van der Waals surface area (Å²) in [7, 11) is 0. The average Bonchev–Trinajstić information content (AvgIpc) is 2.63. The van der Waals surface area contributed by atoms with Gasteiger partial charge in [0.15, 0.2) is 0 Å². The van der Waals surface area contributed by atoms with Crippen molar-refractivity contribution in [3.8, 4) is 0 Å². The quantitative estimate of drug-likeness (QED) is 0.790. The molecule has 16 heavy (non-hydrogen) atoms. The maximum atomic E-state index is 11.8. The monoisotopic (exact) mass is 245 g/mol. The maximum Gasteiger partial charge on any atom is 0.326 e. The molecule has 2 atom stereocenters. The van der Waals surface area contributed by atoms with E-state index in [0.717, 1.165) is 18.6 Å². The molecule has 0 aliphatic carbocycles. The Kier molecular flexibility index (Phi) is 4.24. The van der Waals surface area contributed by atoms with Crippen LogP contribution in [0.1, 0.15) is 33.6 Å². The zero-order valence-corrected chi connectivity index (χ0v) is 10.8. The van der Waals surface area contributed by atoms with Crippen LogP contribution in [-0.2, 0) is 9.59 Å². The van der Waals surface area contributed by atoms with Crippen LogP contribution >= 0.6 is 11.8 Å². The van der Waals surface area contributed by atoms with Gasteiger partial charge in [0.05, 0.1) is 5.25 Å². The van der Waals surface area contributed by atoms with Gasteiger partial charge in [0.2, 0.25) is 5.91 Å². The first-order valence-electron chi connectivity index (χ1n) is 5.47. The minimum Gasteiger partial charge on any atom is -0.480 e. The van der Waals surface area contributed by atoms with Crippen LogP contribution < -0.4 is 5.32 Å². The molecule has 0 saturated carbocycles. The molecule has 0 bridgehead atoms. The highest BCUT2D eigenvalue weighted by Crippen LogP contribution is 2.27. The zero-order chi connectivity index (χ0) is 12.3. The van der Waals surface area contributed by atoms with Gasteiger partial charge in [-0.2, -0.15) is 0 Å². The van der Waals surface area contributed by atoms with Gasteiger partial charge >= 0.3 is 5.97 Å². The Bertz CT molecular complexity index is 279. The summed E-state index contributed by atoms with van der Waals surface area (Å²) in [5.41, 5.74) is -0.467. The smallest absolute Gasteiger partial charge is 0.326 e. The van der Waals surface area contributed by atoms with Crippen molar-refractivity contribution in [1.82, 2.24) is 5.32 Å². The predicted molar refractivity (Wildman–Crippen MR) is 64.5 cm³/mol. The minimum absolute atomic E-state index is 0.0656. The van der Waals surface area contributed by atoms with Crippen LogP contribution in [0.15, 0.2) is 0 Å². The molecule has 1 saturated heterocycles. The summed E-state index contributed by atoms with van der Waals surface area (Å²) in [5, 5.41) is 11.7. The number of amides is 1. The highest BCUT2D eigenvalue weighted by atomic mass is 32.2. The fourth-order valence-corrected chi connectivity index (χ4v) is 2.84. The van der Waals surface area contributed by atoms with Crippen LogP contribution in [0.4, 0.5) is 0 Å². The van der Waals surface area contributed by atoms with E-state index in [1.807, 2.05) is 20.8 Å². The van der Waals surface area contributed by atoms with Crippen molar-refractivity contribution in [2.75, 3.05) is 5.75 Å². The van der Waals surface area contributed by atoms with Gasteiger partial charge in [0, 0.05) is 0 Å². The van der Waals surface area contributed by atoms with Gasteiger partial charge in [0.25, 0.3) is 0 Å². The Balaban J connectivity index is 2.61. The number of hydrogen-bond donors (Lipinski definition) is 2. The van der Waals surface area contributed by atoms with Crippen molar-refractivity contribution >= 4 is 23.6 Å².